The van der Waals surface area contributed by atoms with Crippen LogP contribution >= 0.6 is 0 Å². The van der Waals surface area contributed by atoms with Gasteiger partial charge in [-0.25, -0.2) is 23.3 Å². The van der Waals surface area contributed by atoms with Crippen molar-refractivity contribution in [3.05, 3.63) is 59.7 Å². The van der Waals surface area contributed by atoms with Crippen LogP contribution in [0.15, 0.2) is 42.9 Å². The van der Waals surface area contributed by atoms with Crippen LogP contribution in [0.1, 0.15) is 55.3 Å². The van der Waals surface area contributed by atoms with Gasteiger partial charge in [-0.2, -0.15) is 5.10 Å². The Balaban J connectivity index is 1.41. The van der Waals surface area contributed by atoms with Crippen molar-refractivity contribution in [2.75, 3.05) is 5.32 Å². The molecule has 0 saturated heterocycles. The molecule has 150 valence electrons. The lowest BCUT2D eigenvalue weighted by Gasteiger charge is -2.28. The molecule has 3 aromatic heterocycles. The van der Waals surface area contributed by atoms with Gasteiger partial charge in [-0.3, -0.25) is 0 Å². The summed E-state index contributed by atoms with van der Waals surface area (Å²) in [4.78, 5) is 9.29. The summed E-state index contributed by atoms with van der Waals surface area (Å²) >= 11 is 0. The second-order valence-corrected chi connectivity index (χ2v) is 7.95. The van der Waals surface area contributed by atoms with E-state index in [1.165, 1.54) is 0 Å². The van der Waals surface area contributed by atoms with E-state index in [2.05, 4.69) is 33.6 Å². The van der Waals surface area contributed by atoms with Gasteiger partial charge in [-0.1, -0.05) is 6.08 Å². The Kier molecular flexibility index (Phi) is 4.53. The van der Waals surface area contributed by atoms with Crippen molar-refractivity contribution in [2.45, 2.75) is 56.9 Å². The minimum absolute atomic E-state index is 0.0118. The number of halogens is 2. The maximum absolute atomic E-state index is 13.4. The zero-order chi connectivity index (χ0) is 19.8. The molecular weight excluding hydrogens is 372 g/mol. The Morgan fingerprint density at radius 1 is 1.17 bits per heavy atom. The van der Waals surface area contributed by atoms with E-state index >= 15 is 0 Å². The van der Waals surface area contributed by atoms with E-state index in [0.717, 1.165) is 47.2 Å². The molecule has 0 aromatic carbocycles. The van der Waals surface area contributed by atoms with E-state index in [0.29, 0.717) is 18.8 Å². The third-order valence-electron chi connectivity index (χ3n) is 5.88. The van der Waals surface area contributed by atoms with Crippen molar-refractivity contribution in [3.63, 3.8) is 0 Å². The van der Waals surface area contributed by atoms with Crippen molar-refractivity contribution in [1.29, 1.82) is 0 Å². The first-order valence-electron chi connectivity index (χ1n) is 10.2. The van der Waals surface area contributed by atoms with Crippen molar-refractivity contribution in [3.8, 4) is 0 Å². The summed E-state index contributed by atoms with van der Waals surface area (Å²) in [5.41, 5.74) is 5.38. The van der Waals surface area contributed by atoms with Crippen LogP contribution in [0.4, 0.5) is 14.7 Å². The van der Waals surface area contributed by atoms with Crippen LogP contribution in [0.2, 0.25) is 0 Å². The van der Waals surface area contributed by atoms with E-state index < -0.39 is 5.92 Å². The predicted molar refractivity (Wildman–Crippen MR) is 108 cm³/mol. The lowest BCUT2D eigenvalue weighted by Crippen LogP contribution is -2.32. The number of aromatic nitrogens is 4. The van der Waals surface area contributed by atoms with Crippen LogP contribution in [0.25, 0.3) is 11.1 Å². The Hall–Kier alpha value is -2.83. The van der Waals surface area contributed by atoms with E-state index in [1.54, 1.807) is 6.20 Å². The maximum atomic E-state index is 13.4. The van der Waals surface area contributed by atoms with E-state index in [9.17, 15) is 8.78 Å². The lowest BCUT2D eigenvalue weighted by atomic mass is 9.92. The first-order chi connectivity index (χ1) is 14.1. The molecule has 0 amide bonds. The number of aryl methyl sites for hydroxylation is 1. The predicted octanol–water partition coefficient (Wildman–Crippen LogP) is 4.88. The van der Waals surface area contributed by atoms with Crippen molar-refractivity contribution < 1.29 is 8.78 Å². The highest BCUT2D eigenvalue weighted by molar-refractivity contribution is 5.82. The second kappa shape index (κ2) is 7.21. The van der Waals surface area contributed by atoms with Gasteiger partial charge in [0.15, 0.2) is 0 Å². The van der Waals surface area contributed by atoms with Gasteiger partial charge in [0.25, 0.3) is 0 Å². The molecule has 2 aliphatic carbocycles. The number of allylic oxidation sites excluding steroid dienone is 1. The van der Waals surface area contributed by atoms with Crippen LogP contribution in [0.5, 0.6) is 0 Å². The van der Waals surface area contributed by atoms with E-state index in [-0.39, 0.29) is 18.9 Å². The average molecular weight is 395 g/mol. The number of nitrogens with one attached hydrogen (secondary N) is 1. The molecule has 1 fully saturated rings. The van der Waals surface area contributed by atoms with E-state index in [1.807, 2.05) is 23.0 Å². The largest absolute Gasteiger partial charge is 0.351 e. The minimum Gasteiger partial charge on any atom is -0.351 e. The highest BCUT2D eigenvalue weighted by Gasteiger charge is 2.35. The van der Waals surface area contributed by atoms with Crippen molar-refractivity contribution in [2.24, 2.45) is 0 Å². The average Bonchev–Trinajstić information content (AvgIpc) is 3.08. The molecule has 0 bridgehead atoms. The minimum atomic E-state index is -2.52. The molecule has 3 heterocycles. The number of anilines is 1. The number of hydrogen-bond acceptors (Lipinski definition) is 4. The van der Waals surface area contributed by atoms with Gasteiger partial charge in [0.1, 0.15) is 0 Å². The monoisotopic (exact) mass is 395 g/mol. The Labute approximate surface area is 167 Å². The quantitative estimate of drug-likeness (QED) is 0.687. The van der Waals surface area contributed by atoms with Gasteiger partial charge in [0.05, 0.1) is 11.2 Å². The Morgan fingerprint density at radius 3 is 2.90 bits per heavy atom. The molecule has 0 spiro atoms. The number of hydrogen-bond donors (Lipinski definition) is 1. The van der Waals surface area contributed by atoms with Crippen LogP contribution in [0, 0.1) is 0 Å². The van der Waals surface area contributed by atoms with E-state index in [4.69, 9.17) is 4.98 Å². The second-order valence-electron chi connectivity index (χ2n) is 7.95. The molecule has 3 aromatic rings. The van der Waals surface area contributed by atoms with Gasteiger partial charge in [0.2, 0.25) is 11.9 Å². The van der Waals surface area contributed by atoms with Gasteiger partial charge in [-0.15, -0.1) is 0 Å². The Morgan fingerprint density at radius 2 is 2.03 bits per heavy atom. The molecule has 1 N–H and O–H groups in total. The smallest absolute Gasteiger partial charge is 0.248 e. The molecule has 7 heteroatoms. The summed E-state index contributed by atoms with van der Waals surface area (Å²) in [6, 6.07) is 6.19. The number of nitrogens with zero attached hydrogens (tertiary/aromatic N) is 4. The van der Waals surface area contributed by atoms with Gasteiger partial charge in [0, 0.05) is 43.0 Å². The zero-order valence-electron chi connectivity index (χ0n) is 16.1. The summed E-state index contributed by atoms with van der Waals surface area (Å²) in [7, 11) is 0. The van der Waals surface area contributed by atoms with Crippen LogP contribution in [0.3, 0.4) is 0 Å². The number of pyridine rings is 1. The number of alkyl halides is 2. The fourth-order valence-electron chi connectivity index (χ4n) is 4.26. The van der Waals surface area contributed by atoms with Gasteiger partial charge >= 0.3 is 0 Å². The summed E-state index contributed by atoms with van der Waals surface area (Å²) in [5, 5.41) is 7.54. The highest BCUT2D eigenvalue weighted by atomic mass is 19.3. The summed E-state index contributed by atoms with van der Waals surface area (Å²) in [5.74, 6) is -1.98. The first kappa shape index (κ1) is 18.2. The van der Waals surface area contributed by atoms with Gasteiger partial charge < -0.3 is 5.32 Å². The standard InChI is InChI=1S/C22H23F2N5/c23-22(24)9-5-16(6-10-22)27-21-25-14-19-18(3-1-2-4-20(19)28-21)15-8-12-29-17(13-15)7-11-26-29/h3,7-8,11-14,16H,1-2,4-6,9-10H2,(H,25,27,28). The highest BCUT2D eigenvalue weighted by Crippen LogP contribution is 2.35. The number of rotatable bonds is 3. The Bertz CT molecular complexity index is 1060. The summed E-state index contributed by atoms with van der Waals surface area (Å²) in [6.45, 7) is 0. The van der Waals surface area contributed by atoms with Gasteiger partial charge in [-0.05, 0) is 61.4 Å². The summed E-state index contributed by atoms with van der Waals surface area (Å²) in [6.07, 6.45) is 11.5. The summed E-state index contributed by atoms with van der Waals surface area (Å²) < 4.78 is 28.6. The molecule has 5 nitrogen and oxygen atoms in total. The van der Waals surface area contributed by atoms with Crippen LogP contribution in [-0.4, -0.2) is 31.5 Å². The molecule has 29 heavy (non-hydrogen) atoms. The molecule has 0 atom stereocenters. The number of fused-ring (bicyclic) bond motifs is 2. The molecule has 5 rings (SSSR count). The normalized spacial score (nSPS) is 19.4. The lowest BCUT2D eigenvalue weighted by molar-refractivity contribution is -0.0361. The molecule has 0 unspecified atom stereocenters. The van der Waals surface area contributed by atoms with Crippen molar-refractivity contribution >= 4 is 17.0 Å². The molecule has 0 radical (unpaired) electrons. The molecule has 0 aliphatic heterocycles. The first-order valence-corrected chi connectivity index (χ1v) is 10.2. The van der Waals surface area contributed by atoms with Crippen LogP contribution in [-0.2, 0) is 6.42 Å². The fraction of sp³-hybridized carbons (Fsp3) is 0.409. The fourth-order valence-corrected chi connectivity index (χ4v) is 4.26. The van der Waals surface area contributed by atoms with Crippen molar-refractivity contribution in [1.82, 2.24) is 19.6 Å². The van der Waals surface area contributed by atoms with Crippen LogP contribution < -0.4 is 5.32 Å². The maximum Gasteiger partial charge on any atom is 0.248 e. The SMILES string of the molecule is FC1(F)CCC(Nc2ncc3c(n2)CCCC=C3c2ccn3nccc3c2)CC1. The third-order valence-corrected chi connectivity index (χ3v) is 5.88. The zero-order valence-corrected chi connectivity index (χ0v) is 16.1. The molecule has 1 saturated carbocycles. The third kappa shape index (κ3) is 3.73. The molecular formula is C22H23F2N5. The topological polar surface area (TPSA) is 55.1 Å². The molecule has 2 aliphatic rings.